The van der Waals surface area contributed by atoms with Crippen molar-refractivity contribution >= 4 is 11.7 Å². The first-order valence-corrected chi connectivity index (χ1v) is 7.46. The topological polar surface area (TPSA) is 49.3 Å². The molecule has 0 saturated heterocycles. The molecule has 2 rings (SSSR count). The zero-order valence-corrected chi connectivity index (χ0v) is 12.6. The molecule has 0 spiro atoms. The van der Waals surface area contributed by atoms with E-state index in [4.69, 9.17) is 5.11 Å². The van der Waals surface area contributed by atoms with E-state index in [1.54, 1.807) is 18.2 Å². The van der Waals surface area contributed by atoms with E-state index in [9.17, 15) is 4.79 Å². The maximum atomic E-state index is 11.0. The Bertz CT molecular complexity index is 468. The van der Waals surface area contributed by atoms with E-state index in [0.717, 1.165) is 11.6 Å². The maximum absolute atomic E-state index is 11.0. The molecule has 1 saturated carbocycles. The number of aromatic carboxylic acids is 1. The molecule has 0 bridgehead atoms. The van der Waals surface area contributed by atoms with Crippen LogP contribution in [0.25, 0.3) is 0 Å². The molecule has 1 aromatic rings. The van der Waals surface area contributed by atoms with Gasteiger partial charge in [-0.25, -0.2) is 4.79 Å². The third-order valence-corrected chi connectivity index (χ3v) is 4.43. The van der Waals surface area contributed by atoms with Crippen molar-refractivity contribution in [3.05, 3.63) is 29.8 Å². The number of nitrogens with one attached hydrogen (secondary N) is 1. The van der Waals surface area contributed by atoms with Gasteiger partial charge in [-0.3, -0.25) is 0 Å². The Morgan fingerprint density at radius 2 is 1.85 bits per heavy atom. The predicted octanol–water partition coefficient (Wildman–Crippen LogP) is 4.40. The van der Waals surface area contributed by atoms with Gasteiger partial charge in [0, 0.05) is 11.7 Å². The van der Waals surface area contributed by atoms with Gasteiger partial charge in [-0.1, -0.05) is 26.8 Å². The van der Waals surface area contributed by atoms with Gasteiger partial charge in [0.2, 0.25) is 0 Å². The number of rotatable bonds is 3. The highest BCUT2D eigenvalue weighted by atomic mass is 16.4. The molecule has 0 amide bonds. The highest BCUT2D eigenvalue weighted by Crippen LogP contribution is 2.38. The zero-order chi connectivity index (χ0) is 14.8. The Balaban J connectivity index is 1.93. The van der Waals surface area contributed by atoms with Crippen molar-refractivity contribution in [2.75, 3.05) is 5.32 Å². The number of anilines is 1. The molecule has 1 aliphatic rings. The molecule has 3 heteroatoms. The Morgan fingerprint density at radius 1 is 1.20 bits per heavy atom. The zero-order valence-electron chi connectivity index (χ0n) is 12.6. The summed E-state index contributed by atoms with van der Waals surface area (Å²) in [6, 6.07) is 7.56. The molecule has 20 heavy (non-hydrogen) atoms. The third kappa shape index (κ3) is 3.75. The van der Waals surface area contributed by atoms with Gasteiger partial charge < -0.3 is 10.4 Å². The van der Waals surface area contributed by atoms with E-state index in [2.05, 4.69) is 26.1 Å². The first-order valence-electron chi connectivity index (χ1n) is 7.46. The fraction of sp³-hybridized carbons (Fsp3) is 0.588. The lowest BCUT2D eigenvalue weighted by Crippen LogP contribution is -2.31. The van der Waals surface area contributed by atoms with Crippen molar-refractivity contribution in [2.24, 2.45) is 11.3 Å². The summed E-state index contributed by atoms with van der Waals surface area (Å²) >= 11 is 0. The molecule has 0 aliphatic heterocycles. The van der Waals surface area contributed by atoms with Crippen LogP contribution in [-0.4, -0.2) is 17.1 Å². The summed E-state index contributed by atoms with van der Waals surface area (Å²) in [4.78, 5) is 11.0. The molecule has 0 aromatic heterocycles. The van der Waals surface area contributed by atoms with Crippen molar-refractivity contribution in [3.8, 4) is 0 Å². The average Bonchev–Trinajstić information content (AvgIpc) is 2.38. The largest absolute Gasteiger partial charge is 0.478 e. The average molecular weight is 275 g/mol. The van der Waals surface area contributed by atoms with Crippen molar-refractivity contribution in [1.29, 1.82) is 0 Å². The van der Waals surface area contributed by atoms with Crippen LogP contribution in [0.15, 0.2) is 24.3 Å². The van der Waals surface area contributed by atoms with Crippen LogP contribution in [0.4, 0.5) is 5.69 Å². The number of carbonyl (C=O) groups is 1. The van der Waals surface area contributed by atoms with Crippen molar-refractivity contribution < 1.29 is 9.90 Å². The van der Waals surface area contributed by atoms with E-state index in [1.807, 2.05) is 6.07 Å². The first-order chi connectivity index (χ1) is 9.36. The minimum atomic E-state index is -0.870. The molecule has 3 nitrogen and oxygen atoms in total. The lowest BCUT2D eigenvalue weighted by atomic mass is 9.71. The SMILES string of the molecule is CC(C)(C)C1CCC(Nc2cccc(C(=O)O)c2)CC1. The van der Waals surface area contributed by atoms with E-state index < -0.39 is 5.97 Å². The molecular formula is C17H25NO2. The van der Waals surface area contributed by atoms with Crippen molar-refractivity contribution in [1.82, 2.24) is 0 Å². The van der Waals surface area contributed by atoms with Gasteiger partial charge in [0.25, 0.3) is 0 Å². The van der Waals surface area contributed by atoms with E-state index in [-0.39, 0.29) is 0 Å². The number of carboxylic acid groups (broad SMARTS) is 1. The molecule has 1 fully saturated rings. The minimum absolute atomic E-state index is 0.346. The van der Waals surface area contributed by atoms with Gasteiger partial charge >= 0.3 is 5.97 Å². The second-order valence-electron chi connectivity index (χ2n) is 6.94. The Morgan fingerprint density at radius 3 is 2.40 bits per heavy atom. The number of benzene rings is 1. The Hall–Kier alpha value is -1.51. The normalized spacial score (nSPS) is 23.4. The van der Waals surface area contributed by atoms with Gasteiger partial charge in [0.15, 0.2) is 0 Å². The number of hydrogen-bond acceptors (Lipinski definition) is 2. The Kier molecular flexibility index (Phi) is 4.36. The molecule has 0 radical (unpaired) electrons. The molecule has 0 unspecified atom stereocenters. The fourth-order valence-electron chi connectivity index (χ4n) is 3.08. The summed E-state index contributed by atoms with van der Waals surface area (Å²) < 4.78 is 0. The van der Waals surface area contributed by atoms with Crippen LogP contribution in [0, 0.1) is 11.3 Å². The molecular weight excluding hydrogens is 250 g/mol. The summed E-state index contributed by atoms with van der Waals surface area (Å²) in [7, 11) is 0. The molecule has 2 N–H and O–H groups in total. The predicted molar refractivity (Wildman–Crippen MR) is 82.2 cm³/mol. The van der Waals surface area contributed by atoms with Crippen LogP contribution in [0.5, 0.6) is 0 Å². The van der Waals surface area contributed by atoms with Gasteiger partial charge in [-0.2, -0.15) is 0 Å². The summed E-state index contributed by atoms with van der Waals surface area (Å²) in [6.07, 6.45) is 4.83. The van der Waals surface area contributed by atoms with Crippen LogP contribution in [0.3, 0.4) is 0 Å². The highest BCUT2D eigenvalue weighted by Gasteiger charge is 2.29. The van der Waals surface area contributed by atoms with Crippen LogP contribution in [-0.2, 0) is 0 Å². The van der Waals surface area contributed by atoms with E-state index in [1.165, 1.54) is 25.7 Å². The lowest BCUT2D eigenvalue weighted by molar-refractivity contribution is 0.0697. The molecule has 0 atom stereocenters. The molecule has 1 aromatic carbocycles. The van der Waals surface area contributed by atoms with Crippen LogP contribution in [0.1, 0.15) is 56.8 Å². The molecule has 110 valence electrons. The molecule has 0 heterocycles. The maximum Gasteiger partial charge on any atom is 0.335 e. The number of hydrogen-bond donors (Lipinski definition) is 2. The van der Waals surface area contributed by atoms with Crippen LogP contribution >= 0.6 is 0 Å². The quantitative estimate of drug-likeness (QED) is 0.859. The fourth-order valence-corrected chi connectivity index (χ4v) is 3.08. The van der Waals surface area contributed by atoms with Gasteiger partial charge in [0.1, 0.15) is 0 Å². The second kappa shape index (κ2) is 5.86. The van der Waals surface area contributed by atoms with Crippen LogP contribution in [0.2, 0.25) is 0 Å². The second-order valence-corrected chi connectivity index (χ2v) is 6.94. The lowest BCUT2D eigenvalue weighted by Gasteiger charge is -2.37. The summed E-state index contributed by atoms with van der Waals surface area (Å²) in [5.41, 5.74) is 1.66. The van der Waals surface area contributed by atoms with Gasteiger partial charge in [-0.15, -0.1) is 0 Å². The van der Waals surface area contributed by atoms with E-state index in [0.29, 0.717) is 17.0 Å². The van der Waals surface area contributed by atoms with Gasteiger partial charge in [-0.05, 0) is 55.2 Å². The Labute approximate surface area is 121 Å². The summed E-state index contributed by atoms with van der Waals surface area (Å²) in [5, 5.41) is 12.5. The van der Waals surface area contributed by atoms with E-state index >= 15 is 0 Å². The van der Waals surface area contributed by atoms with Gasteiger partial charge in [0.05, 0.1) is 5.56 Å². The van der Waals surface area contributed by atoms with Crippen molar-refractivity contribution in [2.45, 2.75) is 52.5 Å². The highest BCUT2D eigenvalue weighted by molar-refractivity contribution is 5.88. The minimum Gasteiger partial charge on any atom is -0.478 e. The summed E-state index contributed by atoms with van der Waals surface area (Å²) in [6.45, 7) is 6.96. The third-order valence-electron chi connectivity index (χ3n) is 4.43. The van der Waals surface area contributed by atoms with Crippen molar-refractivity contribution in [3.63, 3.8) is 0 Å². The van der Waals surface area contributed by atoms with Crippen LogP contribution < -0.4 is 5.32 Å². The summed E-state index contributed by atoms with van der Waals surface area (Å²) in [5.74, 6) is -0.0732. The first kappa shape index (κ1) is 14.9. The monoisotopic (exact) mass is 275 g/mol. The standard InChI is InChI=1S/C17H25NO2/c1-17(2,3)13-7-9-14(10-8-13)18-15-6-4-5-12(11-15)16(19)20/h4-6,11,13-14,18H,7-10H2,1-3H3,(H,19,20). The molecule has 1 aliphatic carbocycles. The smallest absolute Gasteiger partial charge is 0.335 e. The number of carboxylic acids is 1.